The minimum atomic E-state index is -0.686. The van der Waals surface area contributed by atoms with Gasteiger partial charge in [-0.05, 0) is 56.5 Å². The van der Waals surface area contributed by atoms with Gasteiger partial charge in [0.15, 0.2) is 0 Å². The summed E-state index contributed by atoms with van der Waals surface area (Å²) in [6.07, 6.45) is 1.82. The summed E-state index contributed by atoms with van der Waals surface area (Å²) in [4.78, 5) is 40.2. The number of methoxy groups -OCH3 is 2. The van der Waals surface area contributed by atoms with Crippen LogP contribution >= 0.6 is 11.3 Å². The molecule has 1 unspecified atom stereocenters. The summed E-state index contributed by atoms with van der Waals surface area (Å²) in [6.45, 7) is 3.82. The molecule has 2 amide bonds. The molecule has 186 valence electrons. The summed E-state index contributed by atoms with van der Waals surface area (Å²) in [5.41, 5.74) is 9.35. The molecule has 0 aliphatic rings. The molecule has 0 fully saturated rings. The molecule has 0 aliphatic heterocycles. The maximum Gasteiger partial charge on any atom is 0.328 e. The first-order chi connectivity index (χ1) is 16.7. The second-order valence-electron chi connectivity index (χ2n) is 8.08. The van der Waals surface area contributed by atoms with Crippen LogP contribution in [0.3, 0.4) is 0 Å². The van der Waals surface area contributed by atoms with E-state index in [0.29, 0.717) is 31.4 Å². The Kier molecular flexibility index (Phi) is 8.64. The number of carbonyl (C=O) groups is 3. The smallest absolute Gasteiger partial charge is 0.328 e. The van der Waals surface area contributed by atoms with Crippen LogP contribution in [0.15, 0.2) is 35.7 Å². The normalized spacial score (nSPS) is 11.7. The van der Waals surface area contributed by atoms with Gasteiger partial charge in [-0.25, -0.2) is 9.78 Å². The van der Waals surface area contributed by atoms with E-state index in [9.17, 15) is 14.4 Å². The second kappa shape index (κ2) is 11.7. The third-order valence-electron chi connectivity index (χ3n) is 5.72. The Hall–Kier alpha value is -3.66. The molecular weight excluding hydrogens is 468 g/mol. The molecular formula is C25H30N4O5S. The number of rotatable bonds is 11. The lowest BCUT2D eigenvalue weighted by atomic mass is 10.1. The number of ether oxygens (including phenoxy) is 2. The monoisotopic (exact) mass is 498 g/mol. The topological polar surface area (TPSA) is 126 Å². The van der Waals surface area contributed by atoms with E-state index in [1.807, 2.05) is 41.1 Å². The molecule has 35 heavy (non-hydrogen) atoms. The molecule has 10 heteroatoms. The number of nitrogens with two attached hydrogens (primary N) is 1. The minimum absolute atomic E-state index is 0.286. The van der Waals surface area contributed by atoms with E-state index in [1.54, 1.807) is 13.2 Å². The summed E-state index contributed by atoms with van der Waals surface area (Å²) >= 11 is 1.51. The quantitative estimate of drug-likeness (QED) is 0.308. The van der Waals surface area contributed by atoms with Gasteiger partial charge in [0.25, 0.3) is 5.91 Å². The Labute approximate surface area is 208 Å². The predicted octanol–water partition coefficient (Wildman–Crippen LogP) is 3.54. The molecule has 1 aromatic carbocycles. The summed E-state index contributed by atoms with van der Waals surface area (Å²) in [7, 11) is 2.92. The van der Waals surface area contributed by atoms with Gasteiger partial charge in [0.2, 0.25) is 5.91 Å². The lowest BCUT2D eigenvalue weighted by Crippen LogP contribution is -2.40. The molecule has 0 aliphatic carbocycles. The van der Waals surface area contributed by atoms with Crippen LogP contribution in [0.4, 0.5) is 0 Å². The van der Waals surface area contributed by atoms with Gasteiger partial charge in [0, 0.05) is 30.1 Å². The first kappa shape index (κ1) is 26.0. The van der Waals surface area contributed by atoms with Crippen LogP contribution in [-0.4, -0.2) is 47.6 Å². The number of nitrogens with zero attached hydrogens (tertiary/aromatic N) is 2. The molecule has 0 saturated carbocycles. The Morgan fingerprint density at radius 2 is 1.89 bits per heavy atom. The number of thiazole rings is 1. The van der Waals surface area contributed by atoms with Crippen LogP contribution in [0.5, 0.6) is 5.75 Å². The summed E-state index contributed by atoms with van der Waals surface area (Å²) < 4.78 is 12.0. The number of aromatic nitrogens is 2. The fourth-order valence-corrected chi connectivity index (χ4v) is 4.73. The fraction of sp³-hybridized carbons (Fsp3) is 0.360. The third-order valence-corrected chi connectivity index (χ3v) is 6.61. The molecule has 1 atom stereocenters. The van der Waals surface area contributed by atoms with Crippen LogP contribution in [0, 0.1) is 6.92 Å². The average molecular weight is 499 g/mol. The van der Waals surface area contributed by atoms with Gasteiger partial charge in [-0.1, -0.05) is 0 Å². The number of unbranched alkanes of at least 4 members (excludes halogenated alkanes) is 1. The fourth-order valence-electron chi connectivity index (χ4n) is 3.91. The van der Waals surface area contributed by atoms with Gasteiger partial charge in [0.05, 0.1) is 31.2 Å². The average Bonchev–Trinajstić information content (AvgIpc) is 3.45. The van der Waals surface area contributed by atoms with Gasteiger partial charge in [-0.2, -0.15) is 0 Å². The predicted molar refractivity (Wildman–Crippen MR) is 134 cm³/mol. The molecule has 0 spiro atoms. The van der Waals surface area contributed by atoms with Gasteiger partial charge >= 0.3 is 5.97 Å². The summed E-state index contributed by atoms with van der Waals surface area (Å²) in [6, 6.07) is 8.77. The lowest BCUT2D eigenvalue weighted by molar-refractivity contribution is -0.145. The number of hydrogen-bond acceptors (Lipinski definition) is 7. The minimum Gasteiger partial charge on any atom is -0.497 e. The largest absolute Gasteiger partial charge is 0.497 e. The summed E-state index contributed by atoms with van der Waals surface area (Å²) in [5.74, 6) is -0.479. The van der Waals surface area contributed by atoms with E-state index in [0.717, 1.165) is 33.4 Å². The first-order valence-electron chi connectivity index (χ1n) is 11.2. The van der Waals surface area contributed by atoms with Crippen LogP contribution in [0.25, 0.3) is 22.0 Å². The van der Waals surface area contributed by atoms with Gasteiger partial charge in [-0.15, -0.1) is 11.3 Å². The van der Waals surface area contributed by atoms with Crippen molar-refractivity contribution >= 4 is 29.1 Å². The number of amides is 2. The molecule has 9 nitrogen and oxygen atoms in total. The number of carbonyl (C=O) groups excluding carboxylic acids is 3. The SMILES string of the molecule is COC(=O)C(CCCCn1c(-c2csc(-c3ccc(OC)cc3)n2)cc(C(N)=O)c1C)NC(C)=O. The molecule has 0 saturated heterocycles. The van der Waals surface area contributed by atoms with E-state index < -0.39 is 17.9 Å². The maximum atomic E-state index is 12.0. The van der Waals surface area contributed by atoms with Gasteiger partial charge < -0.3 is 25.1 Å². The molecule has 2 aromatic heterocycles. The van der Waals surface area contributed by atoms with Gasteiger partial charge in [0.1, 0.15) is 16.8 Å². The second-order valence-corrected chi connectivity index (χ2v) is 8.94. The highest BCUT2D eigenvalue weighted by atomic mass is 32.1. The maximum absolute atomic E-state index is 12.0. The zero-order valence-electron chi connectivity index (χ0n) is 20.3. The Bertz CT molecular complexity index is 1200. The van der Waals surface area contributed by atoms with E-state index in [4.69, 9.17) is 20.2 Å². The van der Waals surface area contributed by atoms with Crippen molar-refractivity contribution in [1.29, 1.82) is 0 Å². The Morgan fingerprint density at radius 3 is 2.49 bits per heavy atom. The van der Waals surface area contributed by atoms with Crippen molar-refractivity contribution in [3.8, 4) is 27.7 Å². The molecule has 0 radical (unpaired) electrons. The van der Waals surface area contributed by atoms with E-state index in [-0.39, 0.29) is 5.91 Å². The van der Waals surface area contributed by atoms with E-state index in [2.05, 4.69) is 5.32 Å². The van der Waals surface area contributed by atoms with Crippen molar-refractivity contribution in [1.82, 2.24) is 14.9 Å². The number of esters is 1. The summed E-state index contributed by atoms with van der Waals surface area (Å²) in [5, 5.41) is 5.43. The Balaban J connectivity index is 1.79. The van der Waals surface area contributed by atoms with Gasteiger partial charge in [-0.3, -0.25) is 9.59 Å². The van der Waals surface area contributed by atoms with Crippen molar-refractivity contribution in [2.24, 2.45) is 5.73 Å². The zero-order chi connectivity index (χ0) is 25.5. The van der Waals surface area contributed by atoms with E-state index in [1.165, 1.54) is 25.4 Å². The number of hydrogen-bond donors (Lipinski definition) is 2. The van der Waals surface area contributed by atoms with Crippen LogP contribution < -0.4 is 15.8 Å². The Morgan fingerprint density at radius 1 is 1.17 bits per heavy atom. The van der Waals surface area contributed by atoms with Crippen molar-refractivity contribution in [3.63, 3.8) is 0 Å². The van der Waals surface area contributed by atoms with Crippen molar-refractivity contribution < 1.29 is 23.9 Å². The van der Waals surface area contributed by atoms with E-state index >= 15 is 0 Å². The third kappa shape index (κ3) is 6.27. The van der Waals surface area contributed by atoms with Crippen LogP contribution in [0.2, 0.25) is 0 Å². The highest BCUT2D eigenvalue weighted by Gasteiger charge is 2.21. The highest BCUT2D eigenvalue weighted by Crippen LogP contribution is 2.32. The number of primary amides is 1. The number of benzene rings is 1. The van der Waals surface area contributed by atoms with Crippen molar-refractivity contribution in [3.05, 3.63) is 47.0 Å². The zero-order valence-corrected chi connectivity index (χ0v) is 21.1. The lowest BCUT2D eigenvalue weighted by Gasteiger charge is -2.16. The molecule has 2 heterocycles. The highest BCUT2D eigenvalue weighted by molar-refractivity contribution is 7.13. The number of nitrogens with one attached hydrogen (secondary N) is 1. The molecule has 3 rings (SSSR count). The van der Waals surface area contributed by atoms with Crippen molar-refractivity contribution in [2.75, 3.05) is 14.2 Å². The standard InChI is InChI=1S/C25H30N4O5S/c1-15-19(23(26)31)13-22(21-14-35-24(28-21)17-8-10-18(33-3)11-9-17)29(15)12-6-5-7-20(25(32)34-4)27-16(2)30/h8-11,13-14,20H,5-7,12H2,1-4H3,(H2,26,31)(H,27,30). The van der Waals surface area contributed by atoms with Crippen molar-refractivity contribution in [2.45, 2.75) is 45.7 Å². The van der Waals surface area contributed by atoms with Crippen LogP contribution in [-0.2, 0) is 20.9 Å². The molecule has 3 N–H and O–H groups in total. The first-order valence-corrected chi connectivity index (χ1v) is 12.1. The van der Waals surface area contributed by atoms with Crippen LogP contribution in [0.1, 0.15) is 42.2 Å². The molecule has 3 aromatic rings. The molecule has 0 bridgehead atoms.